The Kier molecular flexibility index (Phi) is 2.40. The molecule has 1 heterocycles. The van der Waals surface area contributed by atoms with Gasteiger partial charge >= 0.3 is 0 Å². The molecule has 0 N–H and O–H groups in total. The van der Waals surface area contributed by atoms with Gasteiger partial charge in [-0.1, -0.05) is 30.7 Å². The maximum Gasteiger partial charge on any atom is 0.134 e. The predicted octanol–water partition coefficient (Wildman–Crippen LogP) is 3.82. The minimum absolute atomic E-state index is 0.950. The summed E-state index contributed by atoms with van der Waals surface area (Å²) < 4.78 is 5.67. The Bertz CT molecular complexity index is 426. The normalized spacial score (nSPS) is 10.4. The van der Waals surface area contributed by atoms with E-state index >= 15 is 0 Å². The molecule has 0 aliphatic heterocycles. The Morgan fingerprint density at radius 2 is 2.00 bits per heavy atom. The molecular formula is C13H14O. The van der Waals surface area contributed by atoms with Crippen LogP contribution in [0.4, 0.5) is 0 Å². The average Bonchev–Trinajstić information content (AvgIpc) is 2.66. The number of benzene rings is 1. The molecule has 0 aliphatic rings. The quantitative estimate of drug-likeness (QED) is 0.695. The fraction of sp³-hybridized carbons (Fsp3) is 0.231. The molecule has 1 heteroatoms. The molecule has 1 nitrogen and oxygen atoms in total. The third-order valence-corrected chi connectivity index (χ3v) is 2.31. The van der Waals surface area contributed by atoms with Crippen molar-refractivity contribution in [1.82, 2.24) is 0 Å². The first-order chi connectivity index (χ1) is 6.79. The lowest BCUT2D eigenvalue weighted by atomic mass is 10.1. The Balaban J connectivity index is 2.39. The summed E-state index contributed by atoms with van der Waals surface area (Å²) in [5.74, 6) is 2.01. The van der Waals surface area contributed by atoms with Gasteiger partial charge in [-0.25, -0.2) is 0 Å². The third-order valence-electron chi connectivity index (χ3n) is 2.31. The molecule has 0 fully saturated rings. The van der Waals surface area contributed by atoms with Crippen LogP contribution in [0.3, 0.4) is 0 Å². The lowest BCUT2D eigenvalue weighted by molar-refractivity contribution is 0.529. The van der Waals surface area contributed by atoms with Crippen molar-refractivity contribution in [3.8, 4) is 11.3 Å². The second-order valence-corrected chi connectivity index (χ2v) is 3.49. The molecule has 1 aromatic heterocycles. The van der Waals surface area contributed by atoms with Crippen molar-refractivity contribution in [1.29, 1.82) is 0 Å². The summed E-state index contributed by atoms with van der Waals surface area (Å²) in [7, 11) is 0. The van der Waals surface area contributed by atoms with E-state index in [0.29, 0.717) is 0 Å². The maximum atomic E-state index is 5.67. The summed E-state index contributed by atoms with van der Waals surface area (Å²) in [6.45, 7) is 4.19. The van der Waals surface area contributed by atoms with Gasteiger partial charge < -0.3 is 4.42 Å². The average molecular weight is 186 g/mol. The lowest BCUT2D eigenvalue weighted by Gasteiger charge is -1.98. The Hall–Kier alpha value is -1.50. The summed E-state index contributed by atoms with van der Waals surface area (Å²) in [5.41, 5.74) is 2.42. The first-order valence-electron chi connectivity index (χ1n) is 4.95. The predicted molar refractivity (Wildman–Crippen MR) is 58.3 cm³/mol. The van der Waals surface area contributed by atoms with Crippen LogP contribution in [0, 0.1) is 6.92 Å². The van der Waals surface area contributed by atoms with Crippen molar-refractivity contribution >= 4 is 0 Å². The Morgan fingerprint density at radius 1 is 1.14 bits per heavy atom. The molecule has 0 saturated heterocycles. The van der Waals surface area contributed by atoms with Gasteiger partial charge in [0.05, 0.1) is 0 Å². The second kappa shape index (κ2) is 3.70. The summed E-state index contributed by atoms with van der Waals surface area (Å²) in [5, 5.41) is 0. The molecule has 14 heavy (non-hydrogen) atoms. The molecule has 72 valence electrons. The highest BCUT2D eigenvalue weighted by atomic mass is 16.3. The van der Waals surface area contributed by atoms with Gasteiger partial charge in [0.25, 0.3) is 0 Å². The summed E-state index contributed by atoms with van der Waals surface area (Å²) in [4.78, 5) is 0. The molecule has 0 bridgehead atoms. The van der Waals surface area contributed by atoms with Gasteiger partial charge in [0.2, 0.25) is 0 Å². The Morgan fingerprint density at radius 3 is 2.64 bits per heavy atom. The van der Waals surface area contributed by atoms with Gasteiger partial charge in [-0.05, 0) is 25.1 Å². The zero-order chi connectivity index (χ0) is 9.97. The van der Waals surface area contributed by atoms with Crippen molar-refractivity contribution in [2.45, 2.75) is 20.3 Å². The standard InChI is InChI=1S/C13H14O/c1-3-12-7-8-13(14-12)11-6-4-5-10(2)9-11/h4-9H,3H2,1-2H3. The number of hydrogen-bond acceptors (Lipinski definition) is 1. The SMILES string of the molecule is CCc1ccc(-c2cccc(C)c2)o1. The van der Waals surface area contributed by atoms with E-state index in [-0.39, 0.29) is 0 Å². The van der Waals surface area contributed by atoms with Gasteiger partial charge in [0, 0.05) is 12.0 Å². The fourth-order valence-corrected chi connectivity index (χ4v) is 1.52. The van der Waals surface area contributed by atoms with Crippen LogP contribution in [0.5, 0.6) is 0 Å². The highest BCUT2D eigenvalue weighted by Crippen LogP contribution is 2.22. The van der Waals surface area contributed by atoms with Gasteiger partial charge in [0.1, 0.15) is 11.5 Å². The van der Waals surface area contributed by atoms with Crippen LogP contribution in [0.1, 0.15) is 18.2 Å². The molecule has 1 aromatic carbocycles. The zero-order valence-electron chi connectivity index (χ0n) is 8.58. The van der Waals surface area contributed by atoms with E-state index in [1.54, 1.807) is 0 Å². The molecule has 2 aromatic rings. The largest absolute Gasteiger partial charge is 0.461 e. The van der Waals surface area contributed by atoms with Crippen LogP contribution >= 0.6 is 0 Å². The topological polar surface area (TPSA) is 13.1 Å². The van der Waals surface area contributed by atoms with E-state index in [1.807, 2.05) is 12.1 Å². The smallest absolute Gasteiger partial charge is 0.134 e. The van der Waals surface area contributed by atoms with Crippen LogP contribution in [-0.2, 0) is 6.42 Å². The number of aryl methyl sites for hydroxylation is 2. The minimum atomic E-state index is 0.950. The molecule has 0 spiro atoms. The molecule has 0 unspecified atom stereocenters. The van der Waals surface area contributed by atoms with Gasteiger partial charge in [0.15, 0.2) is 0 Å². The zero-order valence-corrected chi connectivity index (χ0v) is 8.58. The van der Waals surface area contributed by atoms with E-state index in [2.05, 4.69) is 38.1 Å². The lowest BCUT2D eigenvalue weighted by Crippen LogP contribution is -1.76. The van der Waals surface area contributed by atoms with E-state index in [9.17, 15) is 0 Å². The Labute approximate surface area is 84.4 Å². The molecule has 0 radical (unpaired) electrons. The number of furan rings is 1. The summed E-state index contributed by atoms with van der Waals surface area (Å²) in [6.07, 6.45) is 0.950. The number of hydrogen-bond donors (Lipinski definition) is 0. The molecule has 0 aliphatic carbocycles. The van der Waals surface area contributed by atoms with E-state index in [1.165, 1.54) is 5.56 Å². The highest BCUT2D eigenvalue weighted by molar-refractivity contribution is 5.58. The van der Waals surface area contributed by atoms with Gasteiger partial charge in [-0.2, -0.15) is 0 Å². The molecule has 0 amide bonds. The molecule has 0 atom stereocenters. The van der Waals surface area contributed by atoms with Crippen LogP contribution in [0.25, 0.3) is 11.3 Å². The number of rotatable bonds is 2. The monoisotopic (exact) mass is 186 g/mol. The fourth-order valence-electron chi connectivity index (χ4n) is 1.52. The van der Waals surface area contributed by atoms with Crippen LogP contribution in [0.2, 0.25) is 0 Å². The molecule has 2 rings (SSSR count). The highest BCUT2D eigenvalue weighted by Gasteiger charge is 2.02. The van der Waals surface area contributed by atoms with Crippen molar-refractivity contribution in [2.24, 2.45) is 0 Å². The van der Waals surface area contributed by atoms with Crippen molar-refractivity contribution in [3.63, 3.8) is 0 Å². The van der Waals surface area contributed by atoms with E-state index in [4.69, 9.17) is 4.42 Å². The minimum Gasteiger partial charge on any atom is -0.461 e. The molecular weight excluding hydrogens is 172 g/mol. The second-order valence-electron chi connectivity index (χ2n) is 3.49. The van der Waals surface area contributed by atoms with Crippen LogP contribution in [0.15, 0.2) is 40.8 Å². The van der Waals surface area contributed by atoms with Gasteiger partial charge in [-0.15, -0.1) is 0 Å². The summed E-state index contributed by atoms with van der Waals surface area (Å²) >= 11 is 0. The maximum absolute atomic E-state index is 5.67. The third kappa shape index (κ3) is 1.72. The van der Waals surface area contributed by atoms with Crippen molar-refractivity contribution in [2.75, 3.05) is 0 Å². The summed E-state index contributed by atoms with van der Waals surface area (Å²) in [6, 6.07) is 12.4. The van der Waals surface area contributed by atoms with Gasteiger partial charge in [-0.3, -0.25) is 0 Å². The first kappa shape index (κ1) is 9.07. The van der Waals surface area contributed by atoms with Crippen LogP contribution in [-0.4, -0.2) is 0 Å². The van der Waals surface area contributed by atoms with E-state index in [0.717, 1.165) is 23.5 Å². The van der Waals surface area contributed by atoms with Crippen molar-refractivity contribution in [3.05, 3.63) is 47.7 Å². The van der Waals surface area contributed by atoms with E-state index < -0.39 is 0 Å². The van der Waals surface area contributed by atoms with Crippen molar-refractivity contribution < 1.29 is 4.42 Å². The molecule has 0 saturated carbocycles. The van der Waals surface area contributed by atoms with Crippen LogP contribution < -0.4 is 0 Å². The first-order valence-corrected chi connectivity index (χ1v) is 4.95.